The molecule has 19 heavy (non-hydrogen) atoms. The Hall–Kier alpha value is -1.51. The van der Waals surface area contributed by atoms with Crippen LogP contribution in [0, 0.1) is 5.92 Å². The number of carbonyl (C=O) groups excluding carboxylic acids is 1. The van der Waals surface area contributed by atoms with Crippen LogP contribution in [0.5, 0.6) is 5.75 Å². The van der Waals surface area contributed by atoms with Crippen LogP contribution in [0.15, 0.2) is 18.2 Å². The molecule has 1 aromatic rings. The summed E-state index contributed by atoms with van der Waals surface area (Å²) in [6.07, 6.45) is 2.33. The standard InChI is InChI=1S/C16H21NO2/c1-9(2)16(18)17-14-8-12(14)11-5-4-6-15-13(11)7-10(3)19-15/h4-6,9-10,12,14H,7-8H2,1-3H3,(H,17,18)/t10?,12-,14+/m0/s1. The summed E-state index contributed by atoms with van der Waals surface area (Å²) in [7, 11) is 0. The second-order valence-electron chi connectivity index (χ2n) is 6.07. The molecule has 1 amide bonds. The number of fused-ring (bicyclic) bond motifs is 1. The highest BCUT2D eigenvalue weighted by Gasteiger charge is 2.42. The van der Waals surface area contributed by atoms with Crippen molar-refractivity contribution < 1.29 is 9.53 Å². The first-order chi connectivity index (χ1) is 9.06. The van der Waals surface area contributed by atoms with Crippen LogP contribution in [-0.4, -0.2) is 18.1 Å². The summed E-state index contributed by atoms with van der Waals surface area (Å²) in [4.78, 5) is 11.7. The largest absolute Gasteiger partial charge is 0.490 e. The van der Waals surface area contributed by atoms with E-state index in [1.54, 1.807) is 0 Å². The lowest BCUT2D eigenvalue weighted by Gasteiger charge is -2.09. The summed E-state index contributed by atoms with van der Waals surface area (Å²) >= 11 is 0. The van der Waals surface area contributed by atoms with Crippen LogP contribution in [0.4, 0.5) is 0 Å². The van der Waals surface area contributed by atoms with Gasteiger partial charge in [-0.3, -0.25) is 4.79 Å². The maximum atomic E-state index is 11.7. The van der Waals surface area contributed by atoms with Gasteiger partial charge in [-0.05, 0) is 25.0 Å². The Morgan fingerprint density at radius 3 is 2.95 bits per heavy atom. The Bertz CT molecular complexity index is 509. The van der Waals surface area contributed by atoms with Gasteiger partial charge in [0.1, 0.15) is 11.9 Å². The van der Waals surface area contributed by atoms with Gasteiger partial charge in [0.15, 0.2) is 0 Å². The second-order valence-corrected chi connectivity index (χ2v) is 6.07. The van der Waals surface area contributed by atoms with Crippen LogP contribution < -0.4 is 10.1 Å². The van der Waals surface area contributed by atoms with Gasteiger partial charge in [0.2, 0.25) is 5.91 Å². The van der Waals surface area contributed by atoms with E-state index in [4.69, 9.17) is 4.74 Å². The van der Waals surface area contributed by atoms with Gasteiger partial charge in [0.05, 0.1) is 0 Å². The maximum absolute atomic E-state index is 11.7. The van der Waals surface area contributed by atoms with Crippen LogP contribution >= 0.6 is 0 Å². The molecule has 1 saturated carbocycles. The quantitative estimate of drug-likeness (QED) is 0.906. The minimum Gasteiger partial charge on any atom is -0.490 e. The molecule has 0 saturated heterocycles. The summed E-state index contributed by atoms with van der Waals surface area (Å²) in [6.45, 7) is 5.97. The molecule has 3 heteroatoms. The van der Waals surface area contributed by atoms with Crippen molar-refractivity contribution in [1.29, 1.82) is 0 Å². The Balaban J connectivity index is 1.73. The third kappa shape index (κ3) is 2.34. The summed E-state index contributed by atoms with van der Waals surface area (Å²) in [5, 5.41) is 3.12. The summed E-state index contributed by atoms with van der Waals surface area (Å²) in [5.74, 6) is 1.73. The molecule has 0 spiro atoms. The Labute approximate surface area is 114 Å². The van der Waals surface area contributed by atoms with Crippen LogP contribution in [0.1, 0.15) is 44.2 Å². The average Bonchev–Trinajstić information content (AvgIpc) is 2.99. The summed E-state index contributed by atoms with van der Waals surface area (Å²) < 4.78 is 5.79. The van der Waals surface area contributed by atoms with E-state index in [0.717, 1.165) is 18.6 Å². The van der Waals surface area contributed by atoms with E-state index in [2.05, 4.69) is 24.4 Å². The molecule has 1 heterocycles. The lowest BCUT2D eigenvalue weighted by Crippen LogP contribution is -2.30. The van der Waals surface area contributed by atoms with Gasteiger partial charge in [-0.15, -0.1) is 0 Å². The molecule has 1 N–H and O–H groups in total. The minimum atomic E-state index is 0.0612. The molecule has 2 aliphatic rings. The van der Waals surface area contributed by atoms with E-state index in [1.165, 1.54) is 11.1 Å². The number of ether oxygens (including phenoxy) is 1. The van der Waals surface area contributed by atoms with Crippen molar-refractivity contribution in [3.05, 3.63) is 29.3 Å². The van der Waals surface area contributed by atoms with Gasteiger partial charge >= 0.3 is 0 Å². The number of amides is 1. The molecule has 3 atom stereocenters. The zero-order chi connectivity index (χ0) is 13.6. The molecule has 1 aromatic carbocycles. The fourth-order valence-corrected chi connectivity index (χ4v) is 2.85. The Morgan fingerprint density at radius 2 is 2.21 bits per heavy atom. The van der Waals surface area contributed by atoms with E-state index in [-0.39, 0.29) is 17.9 Å². The minimum absolute atomic E-state index is 0.0612. The lowest BCUT2D eigenvalue weighted by molar-refractivity contribution is -0.124. The van der Waals surface area contributed by atoms with Gasteiger partial charge in [0, 0.05) is 29.9 Å². The molecule has 3 nitrogen and oxygen atoms in total. The fraction of sp³-hybridized carbons (Fsp3) is 0.562. The van der Waals surface area contributed by atoms with Crippen molar-refractivity contribution in [2.75, 3.05) is 0 Å². The van der Waals surface area contributed by atoms with Gasteiger partial charge in [0.25, 0.3) is 0 Å². The number of rotatable bonds is 3. The van der Waals surface area contributed by atoms with Gasteiger partial charge < -0.3 is 10.1 Å². The molecular weight excluding hydrogens is 238 g/mol. The highest BCUT2D eigenvalue weighted by atomic mass is 16.5. The lowest BCUT2D eigenvalue weighted by atomic mass is 9.99. The average molecular weight is 259 g/mol. The van der Waals surface area contributed by atoms with Crippen molar-refractivity contribution in [3.8, 4) is 5.75 Å². The molecular formula is C16H21NO2. The molecule has 1 unspecified atom stereocenters. The predicted octanol–water partition coefficient (Wildman–Crippen LogP) is 2.64. The van der Waals surface area contributed by atoms with E-state index in [9.17, 15) is 4.79 Å². The molecule has 1 fully saturated rings. The number of nitrogens with one attached hydrogen (secondary N) is 1. The first-order valence-electron chi connectivity index (χ1n) is 7.15. The van der Waals surface area contributed by atoms with Crippen molar-refractivity contribution in [2.24, 2.45) is 5.92 Å². The molecule has 0 aromatic heterocycles. The zero-order valence-corrected chi connectivity index (χ0v) is 11.8. The highest BCUT2D eigenvalue weighted by Crippen LogP contribution is 2.46. The topological polar surface area (TPSA) is 38.3 Å². The van der Waals surface area contributed by atoms with E-state index in [1.807, 2.05) is 19.9 Å². The van der Waals surface area contributed by atoms with Crippen LogP contribution in [-0.2, 0) is 11.2 Å². The molecule has 102 valence electrons. The van der Waals surface area contributed by atoms with Gasteiger partial charge in [-0.2, -0.15) is 0 Å². The fourth-order valence-electron chi connectivity index (χ4n) is 2.85. The van der Waals surface area contributed by atoms with E-state index >= 15 is 0 Å². The summed E-state index contributed by atoms with van der Waals surface area (Å²) in [6, 6.07) is 6.61. The number of benzene rings is 1. The number of hydrogen-bond donors (Lipinski definition) is 1. The predicted molar refractivity (Wildman–Crippen MR) is 74.4 cm³/mol. The molecule has 0 bridgehead atoms. The molecule has 1 aliphatic carbocycles. The number of carbonyl (C=O) groups is 1. The normalized spacial score (nSPS) is 27.9. The van der Waals surface area contributed by atoms with Crippen LogP contribution in [0.3, 0.4) is 0 Å². The smallest absolute Gasteiger partial charge is 0.222 e. The Kier molecular flexibility index (Phi) is 3.00. The first kappa shape index (κ1) is 12.5. The second kappa shape index (κ2) is 4.55. The third-order valence-corrected chi connectivity index (χ3v) is 4.03. The van der Waals surface area contributed by atoms with Gasteiger partial charge in [-0.1, -0.05) is 26.0 Å². The third-order valence-electron chi connectivity index (χ3n) is 4.03. The van der Waals surface area contributed by atoms with E-state index < -0.39 is 0 Å². The van der Waals surface area contributed by atoms with E-state index in [0.29, 0.717) is 12.0 Å². The molecule has 1 aliphatic heterocycles. The SMILES string of the molecule is CC1Cc2c(cccc2[C@@H]2C[C@H]2NC(=O)C(C)C)O1. The van der Waals surface area contributed by atoms with Crippen molar-refractivity contribution in [1.82, 2.24) is 5.32 Å². The molecule has 3 rings (SSSR count). The first-order valence-corrected chi connectivity index (χ1v) is 7.15. The highest BCUT2D eigenvalue weighted by molar-refractivity contribution is 5.78. The van der Waals surface area contributed by atoms with Crippen molar-refractivity contribution in [2.45, 2.75) is 51.7 Å². The maximum Gasteiger partial charge on any atom is 0.222 e. The Morgan fingerprint density at radius 1 is 1.42 bits per heavy atom. The van der Waals surface area contributed by atoms with Crippen molar-refractivity contribution in [3.63, 3.8) is 0 Å². The zero-order valence-electron chi connectivity index (χ0n) is 11.8. The monoisotopic (exact) mass is 259 g/mol. The molecule has 0 radical (unpaired) electrons. The van der Waals surface area contributed by atoms with Gasteiger partial charge in [-0.25, -0.2) is 0 Å². The van der Waals surface area contributed by atoms with Crippen LogP contribution in [0.25, 0.3) is 0 Å². The number of hydrogen-bond acceptors (Lipinski definition) is 2. The summed E-state index contributed by atoms with van der Waals surface area (Å²) in [5.41, 5.74) is 2.72. The van der Waals surface area contributed by atoms with Crippen LogP contribution in [0.2, 0.25) is 0 Å². The van der Waals surface area contributed by atoms with Crippen molar-refractivity contribution >= 4 is 5.91 Å².